The van der Waals surface area contributed by atoms with Crippen LogP contribution in [0, 0.1) is 0 Å². The Morgan fingerprint density at radius 1 is 1.00 bits per heavy atom. The number of methoxy groups -OCH3 is 2. The molecule has 0 radical (unpaired) electrons. The Hall–Kier alpha value is -2.28. The summed E-state index contributed by atoms with van der Waals surface area (Å²) >= 11 is 0. The van der Waals surface area contributed by atoms with Crippen LogP contribution in [0.4, 0.5) is 0 Å². The number of rotatable bonds is 10. The lowest BCUT2D eigenvalue weighted by atomic mass is 10.2. The largest absolute Gasteiger partial charge is 0.493 e. The Morgan fingerprint density at radius 2 is 1.69 bits per heavy atom. The van der Waals surface area contributed by atoms with Crippen LogP contribution in [0.2, 0.25) is 0 Å². The van der Waals surface area contributed by atoms with Crippen LogP contribution in [0.1, 0.15) is 5.56 Å². The predicted molar refractivity (Wildman–Crippen MR) is 103 cm³/mol. The Morgan fingerprint density at radius 3 is 2.35 bits per heavy atom. The van der Waals surface area contributed by atoms with Gasteiger partial charge in [0, 0.05) is 20.2 Å². The van der Waals surface area contributed by atoms with Gasteiger partial charge in [0.05, 0.1) is 20.3 Å². The van der Waals surface area contributed by atoms with E-state index in [1.807, 2.05) is 48.5 Å². The summed E-state index contributed by atoms with van der Waals surface area (Å²) in [5, 5.41) is 5.86. The molecule has 2 aromatic carbocycles. The molecule has 1 amide bonds. The van der Waals surface area contributed by atoms with Gasteiger partial charge in [0.1, 0.15) is 5.75 Å². The molecule has 26 heavy (non-hydrogen) atoms. The highest BCUT2D eigenvalue weighted by molar-refractivity contribution is 5.85. The molecule has 0 aromatic heterocycles. The van der Waals surface area contributed by atoms with E-state index in [4.69, 9.17) is 14.2 Å². The van der Waals surface area contributed by atoms with Gasteiger partial charge in [-0.15, -0.1) is 12.4 Å². The Bertz CT molecular complexity index is 665. The first-order valence-electron chi connectivity index (χ1n) is 8.09. The van der Waals surface area contributed by atoms with Crippen LogP contribution in [0.15, 0.2) is 48.5 Å². The van der Waals surface area contributed by atoms with Gasteiger partial charge in [-0.1, -0.05) is 24.3 Å². The van der Waals surface area contributed by atoms with Gasteiger partial charge in [-0.25, -0.2) is 0 Å². The highest BCUT2D eigenvalue weighted by atomic mass is 35.5. The molecule has 142 valence electrons. The zero-order valence-electron chi connectivity index (χ0n) is 15.0. The average Bonchev–Trinajstić information content (AvgIpc) is 2.65. The summed E-state index contributed by atoms with van der Waals surface area (Å²) in [6, 6.07) is 15.1. The molecule has 0 heterocycles. The van der Waals surface area contributed by atoms with E-state index in [2.05, 4.69) is 10.6 Å². The molecule has 7 heteroatoms. The maximum atomic E-state index is 11.7. The number of carbonyl (C=O) groups is 1. The van der Waals surface area contributed by atoms with E-state index in [-0.39, 0.29) is 24.9 Å². The van der Waals surface area contributed by atoms with Crippen LogP contribution in [0.25, 0.3) is 0 Å². The van der Waals surface area contributed by atoms with Gasteiger partial charge in [0.25, 0.3) is 0 Å². The lowest BCUT2D eigenvalue weighted by Crippen LogP contribution is -2.34. The molecular weight excluding hydrogens is 356 g/mol. The van der Waals surface area contributed by atoms with E-state index in [0.717, 1.165) is 5.56 Å². The molecule has 0 saturated heterocycles. The second kappa shape index (κ2) is 12.1. The predicted octanol–water partition coefficient (Wildman–Crippen LogP) is 2.76. The molecule has 0 unspecified atom stereocenters. The number of amides is 1. The van der Waals surface area contributed by atoms with Crippen molar-refractivity contribution in [2.75, 3.05) is 33.9 Å². The van der Waals surface area contributed by atoms with Gasteiger partial charge in [-0.05, 0) is 29.8 Å². The third-order valence-electron chi connectivity index (χ3n) is 3.48. The number of carbonyl (C=O) groups excluding carboxylic acids is 1. The summed E-state index contributed by atoms with van der Waals surface area (Å²) in [4.78, 5) is 11.7. The highest BCUT2D eigenvalue weighted by Crippen LogP contribution is 2.30. The zero-order chi connectivity index (χ0) is 17.9. The minimum atomic E-state index is -0.0505. The van der Waals surface area contributed by atoms with Gasteiger partial charge >= 0.3 is 0 Å². The molecule has 2 rings (SSSR count). The number of ether oxygens (including phenoxy) is 3. The van der Waals surface area contributed by atoms with Gasteiger partial charge in [-0.3, -0.25) is 4.79 Å². The number of hydrogen-bond acceptors (Lipinski definition) is 5. The third kappa shape index (κ3) is 7.31. The van der Waals surface area contributed by atoms with E-state index in [0.29, 0.717) is 36.9 Å². The Kier molecular flexibility index (Phi) is 10.2. The van der Waals surface area contributed by atoms with Crippen LogP contribution in [-0.4, -0.2) is 39.8 Å². The van der Waals surface area contributed by atoms with Gasteiger partial charge in [0.15, 0.2) is 11.5 Å². The molecule has 0 aliphatic heterocycles. The molecule has 0 aliphatic carbocycles. The molecule has 2 N–H and O–H groups in total. The fourth-order valence-electron chi connectivity index (χ4n) is 2.14. The van der Waals surface area contributed by atoms with Crippen molar-refractivity contribution >= 4 is 18.3 Å². The monoisotopic (exact) mass is 380 g/mol. The lowest BCUT2D eigenvalue weighted by Gasteiger charge is -2.11. The van der Waals surface area contributed by atoms with Gasteiger partial charge < -0.3 is 24.8 Å². The molecule has 0 fully saturated rings. The summed E-state index contributed by atoms with van der Waals surface area (Å²) < 4.78 is 16.0. The Labute approximate surface area is 160 Å². The summed E-state index contributed by atoms with van der Waals surface area (Å²) in [6.45, 7) is 1.98. The van der Waals surface area contributed by atoms with Gasteiger partial charge in [-0.2, -0.15) is 0 Å². The highest BCUT2D eigenvalue weighted by Gasteiger charge is 2.05. The first-order chi connectivity index (χ1) is 12.2. The summed E-state index contributed by atoms with van der Waals surface area (Å²) in [6.07, 6.45) is 0. The maximum absolute atomic E-state index is 11.7. The molecule has 0 spiro atoms. The number of halogens is 1. The van der Waals surface area contributed by atoms with Crippen LogP contribution in [0.5, 0.6) is 17.2 Å². The topological polar surface area (TPSA) is 68.8 Å². The normalized spacial score (nSPS) is 9.92. The molecule has 0 aliphatic rings. The summed E-state index contributed by atoms with van der Waals surface area (Å²) in [5.41, 5.74) is 0.998. The van der Waals surface area contributed by atoms with Crippen LogP contribution in [-0.2, 0) is 16.1 Å². The molecular formula is C19H25ClN2O4. The van der Waals surface area contributed by atoms with Crippen molar-refractivity contribution in [1.82, 2.24) is 10.6 Å². The van der Waals surface area contributed by atoms with E-state index in [1.54, 1.807) is 14.2 Å². The molecule has 0 atom stereocenters. The van der Waals surface area contributed by atoms with Crippen molar-refractivity contribution in [2.24, 2.45) is 0 Å². The van der Waals surface area contributed by atoms with Crippen molar-refractivity contribution in [3.8, 4) is 17.2 Å². The van der Waals surface area contributed by atoms with Crippen LogP contribution < -0.4 is 20.1 Å². The molecule has 0 bridgehead atoms. The minimum absolute atomic E-state index is 0. The third-order valence-corrected chi connectivity index (χ3v) is 3.48. The van der Waals surface area contributed by atoms with Crippen molar-refractivity contribution in [3.05, 3.63) is 54.1 Å². The van der Waals surface area contributed by atoms with Gasteiger partial charge in [0.2, 0.25) is 5.91 Å². The minimum Gasteiger partial charge on any atom is -0.493 e. The van der Waals surface area contributed by atoms with Crippen LogP contribution >= 0.6 is 12.4 Å². The van der Waals surface area contributed by atoms with Crippen molar-refractivity contribution in [2.45, 2.75) is 6.54 Å². The second-order valence-electron chi connectivity index (χ2n) is 5.34. The summed E-state index contributed by atoms with van der Waals surface area (Å²) in [7, 11) is 3.24. The SMILES string of the molecule is COCCNCC(=O)NCc1ccc(Oc2ccccc2OC)cc1.Cl. The Balaban J connectivity index is 0.00000338. The van der Waals surface area contributed by atoms with E-state index >= 15 is 0 Å². The smallest absolute Gasteiger partial charge is 0.234 e. The second-order valence-corrected chi connectivity index (χ2v) is 5.34. The number of hydrogen-bond donors (Lipinski definition) is 2. The first kappa shape index (κ1) is 21.8. The van der Waals surface area contributed by atoms with E-state index in [9.17, 15) is 4.79 Å². The number of benzene rings is 2. The molecule has 6 nitrogen and oxygen atoms in total. The quantitative estimate of drug-likeness (QED) is 0.620. The van der Waals surface area contributed by atoms with Crippen molar-refractivity contribution < 1.29 is 19.0 Å². The van der Waals surface area contributed by atoms with Crippen LogP contribution in [0.3, 0.4) is 0 Å². The van der Waals surface area contributed by atoms with E-state index < -0.39 is 0 Å². The van der Waals surface area contributed by atoms with E-state index in [1.165, 1.54) is 0 Å². The average molecular weight is 381 g/mol. The zero-order valence-corrected chi connectivity index (χ0v) is 15.8. The fraction of sp³-hybridized carbons (Fsp3) is 0.316. The summed E-state index contributed by atoms with van der Waals surface area (Å²) in [5.74, 6) is 2.00. The fourth-order valence-corrected chi connectivity index (χ4v) is 2.14. The van der Waals surface area contributed by atoms with Crippen molar-refractivity contribution in [3.63, 3.8) is 0 Å². The van der Waals surface area contributed by atoms with Crippen molar-refractivity contribution in [1.29, 1.82) is 0 Å². The maximum Gasteiger partial charge on any atom is 0.234 e. The molecule has 2 aromatic rings. The lowest BCUT2D eigenvalue weighted by molar-refractivity contribution is -0.120. The number of para-hydroxylation sites is 2. The molecule has 0 saturated carbocycles. The number of nitrogens with one attached hydrogen (secondary N) is 2. The first-order valence-corrected chi connectivity index (χ1v) is 8.09. The standard InChI is InChI=1S/C19H24N2O4.ClH/c1-23-12-11-20-14-19(22)21-13-15-7-9-16(10-8-15)25-18-6-4-3-5-17(18)24-2;/h3-10,20H,11-14H2,1-2H3,(H,21,22);1H.